The fourth-order valence-electron chi connectivity index (χ4n) is 3.56. The minimum absolute atomic E-state index is 1.00. The van der Waals surface area contributed by atoms with Crippen molar-refractivity contribution < 1.29 is 0 Å². The second kappa shape index (κ2) is 20.8. The van der Waals surface area contributed by atoms with Gasteiger partial charge in [-0.1, -0.05) is 123 Å². The van der Waals surface area contributed by atoms with Crippen molar-refractivity contribution in [2.75, 3.05) is 0 Å². The summed E-state index contributed by atoms with van der Waals surface area (Å²) >= 11 is 0. The largest absolute Gasteiger partial charge is 0.0885 e. The first-order valence-electron chi connectivity index (χ1n) is 11.5. The lowest BCUT2D eigenvalue weighted by Crippen LogP contribution is -1.99. The van der Waals surface area contributed by atoms with Crippen LogP contribution in [0.1, 0.15) is 136 Å². The molecule has 144 valence electrons. The average molecular weight is 337 g/mol. The second-order valence-electron chi connectivity index (χ2n) is 7.79. The van der Waals surface area contributed by atoms with Gasteiger partial charge in [-0.2, -0.15) is 0 Å². The number of unbranched alkanes of at least 4 members (excludes halogenated alkanes) is 12. The lowest BCUT2D eigenvalue weighted by atomic mass is 9.92. The normalized spacial score (nSPS) is 13.0. The Balaban J connectivity index is 3.35. The maximum absolute atomic E-state index is 2.43. The van der Waals surface area contributed by atoms with Crippen LogP contribution in [0.25, 0.3) is 0 Å². The van der Waals surface area contributed by atoms with Gasteiger partial charge in [-0.25, -0.2) is 0 Å². The molecular formula is C24H48. The summed E-state index contributed by atoms with van der Waals surface area (Å²) in [6, 6.07) is 0. The molecule has 0 aromatic carbocycles. The monoisotopic (exact) mass is 336 g/mol. The van der Waals surface area contributed by atoms with Crippen molar-refractivity contribution in [3.05, 3.63) is 12.2 Å². The Labute approximate surface area is 154 Å². The van der Waals surface area contributed by atoms with Gasteiger partial charge in [0.1, 0.15) is 0 Å². The molecule has 0 fully saturated rings. The van der Waals surface area contributed by atoms with Crippen molar-refractivity contribution in [1.82, 2.24) is 0 Å². The number of rotatable bonds is 19. The fraction of sp³-hybridized carbons (Fsp3) is 0.917. The predicted molar refractivity (Wildman–Crippen MR) is 113 cm³/mol. The predicted octanol–water partition coefficient (Wildman–Crippen LogP) is 9.24. The second-order valence-corrected chi connectivity index (χ2v) is 7.79. The third-order valence-corrected chi connectivity index (χ3v) is 5.42. The smallest absolute Gasteiger partial charge is 0.0351 e. The van der Waals surface area contributed by atoms with Crippen LogP contribution in [-0.4, -0.2) is 0 Å². The van der Waals surface area contributed by atoms with Gasteiger partial charge in [-0.15, -0.1) is 0 Å². The van der Waals surface area contributed by atoms with Crippen molar-refractivity contribution in [2.45, 2.75) is 136 Å². The van der Waals surface area contributed by atoms with Crippen molar-refractivity contribution in [3.8, 4) is 0 Å². The van der Waals surface area contributed by atoms with Gasteiger partial charge in [-0.3, -0.25) is 0 Å². The van der Waals surface area contributed by atoms with E-state index in [-0.39, 0.29) is 0 Å². The molecule has 0 aromatic heterocycles. The molecule has 24 heavy (non-hydrogen) atoms. The van der Waals surface area contributed by atoms with Gasteiger partial charge in [0.05, 0.1) is 0 Å². The Morgan fingerprint density at radius 2 is 0.917 bits per heavy atom. The summed E-state index contributed by atoms with van der Waals surface area (Å²) in [5.41, 5.74) is 0. The van der Waals surface area contributed by atoms with Crippen LogP contribution in [0.5, 0.6) is 0 Å². The van der Waals surface area contributed by atoms with Crippen LogP contribution in [0.3, 0.4) is 0 Å². The first kappa shape index (κ1) is 23.7. The van der Waals surface area contributed by atoms with Gasteiger partial charge in [0.15, 0.2) is 0 Å². The molecule has 0 aromatic rings. The van der Waals surface area contributed by atoms with Crippen LogP contribution < -0.4 is 0 Å². The van der Waals surface area contributed by atoms with Crippen LogP contribution in [-0.2, 0) is 0 Å². The molecule has 0 saturated carbocycles. The topological polar surface area (TPSA) is 0 Å². The third-order valence-electron chi connectivity index (χ3n) is 5.42. The van der Waals surface area contributed by atoms with Crippen LogP contribution in [0.4, 0.5) is 0 Å². The molecule has 0 radical (unpaired) electrons. The molecule has 0 spiro atoms. The Morgan fingerprint density at radius 1 is 0.500 bits per heavy atom. The van der Waals surface area contributed by atoms with E-state index in [0.717, 1.165) is 5.92 Å². The molecule has 0 bridgehead atoms. The SMILES string of the molecule is CCCCCC/C=C/CCCCCC(CC)CCCCCCCC. The molecule has 1 unspecified atom stereocenters. The van der Waals surface area contributed by atoms with Gasteiger partial charge in [0, 0.05) is 0 Å². The Bertz CT molecular complexity index is 240. The molecule has 0 aliphatic carbocycles. The molecule has 0 amide bonds. The van der Waals surface area contributed by atoms with Gasteiger partial charge >= 0.3 is 0 Å². The highest BCUT2D eigenvalue weighted by molar-refractivity contribution is 4.81. The Hall–Kier alpha value is -0.260. The third kappa shape index (κ3) is 18.1. The van der Waals surface area contributed by atoms with Crippen LogP contribution in [0.15, 0.2) is 12.2 Å². The van der Waals surface area contributed by atoms with E-state index in [1.807, 2.05) is 0 Å². The molecule has 0 N–H and O–H groups in total. The summed E-state index contributed by atoms with van der Waals surface area (Å²) in [5, 5.41) is 0. The lowest BCUT2D eigenvalue weighted by Gasteiger charge is -2.14. The molecule has 0 aliphatic heterocycles. The van der Waals surface area contributed by atoms with E-state index in [4.69, 9.17) is 0 Å². The number of allylic oxidation sites excluding steroid dienone is 2. The molecule has 0 heterocycles. The zero-order valence-corrected chi connectivity index (χ0v) is 17.5. The van der Waals surface area contributed by atoms with Crippen molar-refractivity contribution in [3.63, 3.8) is 0 Å². The highest BCUT2D eigenvalue weighted by Gasteiger charge is 2.05. The number of hydrogen-bond donors (Lipinski definition) is 0. The molecule has 1 atom stereocenters. The molecule has 0 heteroatoms. The van der Waals surface area contributed by atoms with Gasteiger partial charge in [0.25, 0.3) is 0 Å². The molecule has 0 aliphatic rings. The average Bonchev–Trinajstić information content (AvgIpc) is 2.60. The van der Waals surface area contributed by atoms with Gasteiger partial charge in [0.2, 0.25) is 0 Å². The molecule has 0 nitrogen and oxygen atoms in total. The summed E-state index contributed by atoms with van der Waals surface area (Å²) in [6.07, 6.45) is 30.4. The van der Waals surface area contributed by atoms with Gasteiger partial charge in [-0.05, 0) is 31.6 Å². The van der Waals surface area contributed by atoms with Crippen LogP contribution >= 0.6 is 0 Å². The minimum atomic E-state index is 1.00. The fourth-order valence-corrected chi connectivity index (χ4v) is 3.56. The Morgan fingerprint density at radius 3 is 1.42 bits per heavy atom. The minimum Gasteiger partial charge on any atom is -0.0885 e. The zero-order valence-electron chi connectivity index (χ0n) is 17.5. The van der Waals surface area contributed by atoms with Crippen LogP contribution in [0, 0.1) is 5.92 Å². The summed E-state index contributed by atoms with van der Waals surface area (Å²) < 4.78 is 0. The van der Waals surface area contributed by atoms with Crippen molar-refractivity contribution >= 4 is 0 Å². The van der Waals surface area contributed by atoms with E-state index in [0.29, 0.717) is 0 Å². The first-order valence-corrected chi connectivity index (χ1v) is 11.5. The standard InChI is InChI=1S/C24H48/c1-4-7-9-11-13-14-15-16-17-19-21-23-24(6-3)22-20-18-12-10-8-5-2/h14-15,24H,4-13,16-23H2,1-3H3/b15-14+. The van der Waals surface area contributed by atoms with E-state index in [1.54, 1.807) is 0 Å². The summed E-state index contributed by atoms with van der Waals surface area (Å²) in [5.74, 6) is 1.00. The molecular weight excluding hydrogens is 288 g/mol. The van der Waals surface area contributed by atoms with E-state index < -0.39 is 0 Å². The van der Waals surface area contributed by atoms with E-state index >= 15 is 0 Å². The van der Waals surface area contributed by atoms with E-state index in [2.05, 4.69) is 32.9 Å². The van der Waals surface area contributed by atoms with E-state index in [1.165, 1.54) is 116 Å². The first-order chi connectivity index (χ1) is 11.8. The highest BCUT2D eigenvalue weighted by Crippen LogP contribution is 2.21. The quantitative estimate of drug-likeness (QED) is 0.163. The van der Waals surface area contributed by atoms with Crippen molar-refractivity contribution in [1.29, 1.82) is 0 Å². The van der Waals surface area contributed by atoms with Crippen LogP contribution in [0.2, 0.25) is 0 Å². The lowest BCUT2D eigenvalue weighted by molar-refractivity contribution is 0.395. The summed E-state index contributed by atoms with van der Waals surface area (Å²) in [7, 11) is 0. The molecule has 0 saturated heterocycles. The molecule has 0 rings (SSSR count). The maximum atomic E-state index is 2.43. The Kier molecular flexibility index (Phi) is 20.6. The highest BCUT2D eigenvalue weighted by atomic mass is 14.1. The summed E-state index contributed by atoms with van der Waals surface area (Å²) in [6.45, 7) is 6.98. The zero-order chi connectivity index (χ0) is 17.7. The van der Waals surface area contributed by atoms with Crippen molar-refractivity contribution in [2.24, 2.45) is 5.92 Å². The summed E-state index contributed by atoms with van der Waals surface area (Å²) in [4.78, 5) is 0. The van der Waals surface area contributed by atoms with E-state index in [9.17, 15) is 0 Å². The van der Waals surface area contributed by atoms with Gasteiger partial charge < -0.3 is 0 Å². The maximum Gasteiger partial charge on any atom is -0.0351 e. The number of hydrogen-bond acceptors (Lipinski definition) is 0.